The summed E-state index contributed by atoms with van der Waals surface area (Å²) in [6.45, 7) is 8.91. The highest BCUT2D eigenvalue weighted by Crippen LogP contribution is 2.30. The lowest BCUT2D eigenvalue weighted by molar-refractivity contribution is -0.384. The lowest BCUT2D eigenvalue weighted by atomic mass is 9.98. The van der Waals surface area contributed by atoms with Crippen LogP contribution in [0.4, 0.5) is 11.4 Å². The topological polar surface area (TPSA) is 102 Å². The van der Waals surface area contributed by atoms with E-state index in [-0.39, 0.29) is 17.8 Å². The second-order valence-electron chi connectivity index (χ2n) is 6.71. The molecule has 1 heterocycles. The number of anilines is 1. The third-order valence-electron chi connectivity index (χ3n) is 4.61. The fourth-order valence-electron chi connectivity index (χ4n) is 2.92. The van der Waals surface area contributed by atoms with Gasteiger partial charge in [0.25, 0.3) is 11.6 Å². The van der Waals surface area contributed by atoms with Gasteiger partial charge in [-0.1, -0.05) is 13.0 Å². The fraction of sp³-hybridized carbons (Fsp3) is 0.474. The number of nitro groups is 1. The minimum atomic E-state index is -1.02. The molecular weight excluding hydrogens is 350 g/mol. The molecule has 1 aromatic carbocycles. The monoisotopic (exact) mass is 375 g/mol. The lowest BCUT2D eigenvalue weighted by Gasteiger charge is -2.33. The van der Waals surface area contributed by atoms with Crippen molar-refractivity contribution in [1.82, 2.24) is 5.32 Å². The smallest absolute Gasteiger partial charge is 0.341 e. The van der Waals surface area contributed by atoms with E-state index in [1.54, 1.807) is 6.07 Å². The zero-order valence-corrected chi connectivity index (χ0v) is 15.6. The lowest BCUT2D eigenvalue weighted by Crippen LogP contribution is -2.37. The Kier molecular flexibility index (Phi) is 6.92. The van der Waals surface area contributed by atoms with Crippen molar-refractivity contribution in [3.05, 3.63) is 46.5 Å². The van der Waals surface area contributed by atoms with Crippen molar-refractivity contribution in [3.8, 4) is 0 Å². The van der Waals surface area contributed by atoms with Crippen LogP contribution in [0.1, 0.15) is 37.0 Å². The van der Waals surface area contributed by atoms with Gasteiger partial charge in [-0.25, -0.2) is 4.79 Å². The molecule has 1 amide bonds. The van der Waals surface area contributed by atoms with Crippen molar-refractivity contribution in [3.63, 3.8) is 0 Å². The second kappa shape index (κ2) is 9.16. The molecule has 1 saturated heterocycles. The Labute approximate surface area is 158 Å². The summed E-state index contributed by atoms with van der Waals surface area (Å²) in [5.74, 6) is -0.612. The molecule has 2 rings (SSSR count). The first-order chi connectivity index (χ1) is 12.8. The summed E-state index contributed by atoms with van der Waals surface area (Å²) in [5.41, 5.74) is 0.498. The zero-order chi connectivity index (χ0) is 20.0. The van der Waals surface area contributed by atoms with E-state index in [0.29, 0.717) is 11.6 Å². The molecule has 8 nitrogen and oxygen atoms in total. The van der Waals surface area contributed by atoms with Crippen LogP contribution in [0.2, 0.25) is 0 Å². The Hall–Kier alpha value is -2.90. The van der Waals surface area contributed by atoms with E-state index in [9.17, 15) is 19.7 Å². The van der Waals surface area contributed by atoms with Gasteiger partial charge in [0, 0.05) is 31.8 Å². The van der Waals surface area contributed by atoms with Crippen LogP contribution in [0, 0.1) is 16.0 Å². The van der Waals surface area contributed by atoms with E-state index in [1.165, 1.54) is 25.1 Å². The average molecular weight is 375 g/mol. The number of nitro benzene ring substituents is 1. The number of carbonyl (C=O) groups excluding carboxylic acids is 2. The van der Waals surface area contributed by atoms with Crippen molar-refractivity contribution in [2.45, 2.75) is 32.8 Å². The maximum absolute atomic E-state index is 12.7. The number of carbonyl (C=O) groups is 2. The largest absolute Gasteiger partial charge is 0.449 e. The van der Waals surface area contributed by atoms with E-state index in [4.69, 9.17) is 4.74 Å². The van der Waals surface area contributed by atoms with Crippen LogP contribution in [-0.4, -0.2) is 42.5 Å². The molecule has 0 spiro atoms. The quantitative estimate of drug-likeness (QED) is 0.340. The van der Waals surface area contributed by atoms with Crippen molar-refractivity contribution in [2.24, 2.45) is 5.92 Å². The number of amides is 1. The fourth-order valence-corrected chi connectivity index (χ4v) is 2.92. The van der Waals surface area contributed by atoms with Crippen LogP contribution >= 0.6 is 0 Å². The number of nitrogens with zero attached hydrogens (tertiary/aromatic N) is 2. The minimum Gasteiger partial charge on any atom is -0.449 e. The molecule has 27 heavy (non-hydrogen) atoms. The van der Waals surface area contributed by atoms with Crippen LogP contribution < -0.4 is 10.2 Å². The highest BCUT2D eigenvalue weighted by atomic mass is 16.6. The SMILES string of the molecule is C=CCNC(=O)[C@@H](C)OC(=O)c1cc([N+](=O)[O-])ccc1N1CCC(C)CC1. The molecule has 1 N–H and O–H groups in total. The maximum atomic E-state index is 12.7. The van der Waals surface area contributed by atoms with Gasteiger partial charge >= 0.3 is 5.97 Å². The number of ether oxygens (including phenoxy) is 1. The molecule has 1 aromatic rings. The zero-order valence-electron chi connectivity index (χ0n) is 15.6. The summed E-state index contributed by atoms with van der Waals surface area (Å²) in [5, 5.41) is 13.7. The van der Waals surface area contributed by atoms with E-state index in [0.717, 1.165) is 25.9 Å². The first kappa shape index (κ1) is 20.4. The van der Waals surface area contributed by atoms with Crippen molar-refractivity contribution in [1.29, 1.82) is 0 Å². The molecule has 0 saturated carbocycles. The number of hydrogen-bond donors (Lipinski definition) is 1. The van der Waals surface area contributed by atoms with Gasteiger partial charge in [0.2, 0.25) is 0 Å². The summed E-state index contributed by atoms with van der Waals surface area (Å²) in [6.07, 6.45) is 2.45. The van der Waals surface area contributed by atoms with Crippen LogP contribution in [0.3, 0.4) is 0 Å². The van der Waals surface area contributed by atoms with Crippen LogP contribution in [0.25, 0.3) is 0 Å². The van der Waals surface area contributed by atoms with Gasteiger partial charge in [0.05, 0.1) is 16.2 Å². The van der Waals surface area contributed by atoms with Crippen molar-refractivity contribution in [2.75, 3.05) is 24.5 Å². The molecule has 1 atom stereocenters. The molecule has 1 aliphatic rings. The van der Waals surface area contributed by atoms with Crippen LogP contribution in [0.15, 0.2) is 30.9 Å². The van der Waals surface area contributed by atoms with Gasteiger partial charge in [-0.2, -0.15) is 0 Å². The molecule has 146 valence electrons. The van der Waals surface area contributed by atoms with E-state index >= 15 is 0 Å². The van der Waals surface area contributed by atoms with Gasteiger partial charge in [-0.3, -0.25) is 14.9 Å². The van der Waals surface area contributed by atoms with E-state index < -0.39 is 22.9 Å². The molecule has 0 aromatic heterocycles. The molecule has 0 aliphatic carbocycles. The first-order valence-corrected chi connectivity index (χ1v) is 8.96. The Morgan fingerprint density at radius 1 is 1.44 bits per heavy atom. The van der Waals surface area contributed by atoms with Crippen LogP contribution in [-0.2, 0) is 9.53 Å². The maximum Gasteiger partial charge on any atom is 0.341 e. The van der Waals surface area contributed by atoms with E-state index in [1.807, 2.05) is 4.90 Å². The van der Waals surface area contributed by atoms with Gasteiger partial charge in [-0.05, 0) is 31.7 Å². The number of non-ortho nitro benzene ring substituents is 1. The standard InChI is InChI=1S/C19H25N3O5/c1-4-9-20-18(23)14(3)27-19(24)16-12-15(22(25)26)5-6-17(16)21-10-7-13(2)8-11-21/h4-6,12-14H,1,7-11H2,2-3H3,(H,20,23)/t14-/m1/s1. The summed E-state index contributed by atoms with van der Waals surface area (Å²) < 4.78 is 5.25. The average Bonchev–Trinajstić information content (AvgIpc) is 2.66. The summed E-state index contributed by atoms with van der Waals surface area (Å²) in [7, 11) is 0. The van der Waals surface area contributed by atoms with Crippen LogP contribution in [0.5, 0.6) is 0 Å². The Bertz CT molecular complexity index is 726. The Balaban J connectivity index is 2.24. The normalized spacial score (nSPS) is 15.7. The number of hydrogen-bond acceptors (Lipinski definition) is 6. The summed E-state index contributed by atoms with van der Waals surface area (Å²) in [6, 6.07) is 4.17. The number of rotatable bonds is 7. The minimum absolute atomic E-state index is 0.0992. The second-order valence-corrected chi connectivity index (χ2v) is 6.71. The highest BCUT2D eigenvalue weighted by Gasteiger charge is 2.26. The Morgan fingerprint density at radius 2 is 2.11 bits per heavy atom. The highest BCUT2D eigenvalue weighted by molar-refractivity contribution is 5.98. The van der Waals surface area contributed by atoms with E-state index in [2.05, 4.69) is 18.8 Å². The van der Waals surface area contributed by atoms with Gasteiger partial charge in [0.1, 0.15) is 0 Å². The summed E-state index contributed by atoms with van der Waals surface area (Å²) >= 11 is 0. The Morgan fingerprint density at radius 3 is 2.70 bits per heavy atom. The first-order valence-electron chi connectivity index (χ1n) is 8.96. The molecule has 0 radical (unpaired) electrons. The molecule has 0 bridgehead atoms. The third kappa shape index (κ3) is 5.29. The van der Waals surface area contributed by atoms with Gasteiger partial charge < -0.3 is 15.0 Å². The molecule has 1 aliphatic heterocycles. The van der Waals surface area contributed by atoms with Crippen molar-refractivity contribution < 1.29 is 19.2 Å². The predicted molar refractivity (Wildman–Crippen MR) is 102 cm³/mol. The molecule has 1 fully saturated rings. The number of benzene rings is 1. The molecular formula is C19H25N3O5. The van der Waals surface area contributed by atoms with Gasteiger partial charge in [0.15, 0.2) is 6.10 Å². The summed E-state index contributed by atoms with van der Waals surface area (Å²) in [4.78, 5) is 37.2. The third-order valence-corrected chi connectivity index (χ3v) is 4.61. The molecule has 0 unspecified atom stereocenters. The van der Waals surface area contributed by atoms with Gasteiger partial charge in [-0.15, -0.1) is 6.58 Å². The number of piperidine rings is 1. The molecule has 8 heteroatoms. The number of nitrogens with one attached hydrogen (secondary N) is 1. The number of esters is 1. The predicted octanol–water partition coefficient (Wildman–Crippen LogP) is 2.68. The van der Waals surface area contributed by atoms with Crippen molar-refractivity contribution >= 4 is 23.3 Å².